The first-order valence-electron chi connectivity index (χ1n) is 6.70. The average molecular weight is 265 g/mol. The molecular weight excluding hydrogens is 242 g/mol. The van der Waals surface area contributed by atoms with Gasteiger partial charge in [-0.15, -0.1) is 0 Å². The van der Waals surface area contributed by atoms with Crippen molar-refractivity contribution in [2.75, 3.05) is 13.2 Å². The summed E-state index contributed by atoms with van der Waals surface area (Å²) < 4.78 is 5.43. The van der Waals surface area contributed by atoms with Gasteiger partial charge in [-0.1, -0.05) is 0 Å². The summed E-state index contributed by atoms with van der Waals surface area (Å²) in [4.78, 5) is 11.9. The first-order chi connectivity index (χ1) is 9.00. The molecule has 0 aliphatic heterocycles. The van der Waals surface area contributed by atoms with Crippen LogP contribution in [0.4, 0.5) is 0 Å². The quantitative estimate of drug-likeness (QED) is 0.745. The summed E-state index contributed by atoms with van der Waals surface area (Å²) in [5.74, 6) is 0.0853. The van der Waals surface area contributed by atoms with Crippen molar-refractivity contribution in [3.8, 4) is 5.75 Å². The number of carbonyl (C=O) groups excluding carboxylic acids is 1. The molecule has 1 amide bonds. The van der Waals surface area contributed by atoms with Crippen LogP contribution in [0, 0.1) is 6.92 Å². The highest BCUT2D eigenvalue weighted by Gasteiger charge is 2.08. The Kier molecular flexibility index (Phi) is 6.36. The number of benzene rings is 1. The van der Waals surface area contributed by atoms with Crippen LogP contribution in [0.3, 0.4) is 0 Å². The maximum atomic E-state index is 11.9. The lowest BCUT2D eigenvalue weighted by Crippen LogP contribution is -2.25. The first kappa shape index (κ1) is 15.5. The molecule has 4 nitrogen and oxygen atoms in total. The van der Waals surface area contributed by atoms with Crippen LogP contribution in [0.25, 0.3) is 0 Å². The summed E-state index contributed by atoms with van der Waals surface area (Å²) in [5.41, 5.74) is 1.39. The van der Waals surface area contributed by atoms with Crippen LogP contribution in [0.15, 0.2) is 18.2 Å². The Morgan fingerprint density at radius 2 is 2.11 bits per heavy atom. The highest BCUT2D eigenvalue weighted by Crippen LogP contribution is 2.15. The molecule has 0 aromatic heterocycles. The molecule has 19 heavy (non-hydrogen) atoms. The number of hydrogen-bond acceptors (Lipinski definition) is 3. The summed E-state index contributed by atoms with van der Waals surface area (Å²) in [6.07, 6.45) is 2.09. The number of aromatic hydroxyl groups is 1. The van der Waals surface area contributed by atoms with E-state index in [-0.39, 0.29) is 17.8 Å². The normalized spacial score (nSPS) is 10.7. The Balaban J connectivity index is 2.28. The highest BCUT2D eigenvalue weighted by molar-refractivity contribution is 5.95. The molecule has 0 saturated heterocycles. The third-order valence-corrected chi connectivity index (χ3v) is 2.76. The lowest BCUT2D eigenvalue weighted by molar-refractivity contribution is 0.0754. The van der Waals surface area contributed by atoms with Crippen molar-refractivity contribution in [3.63, 3.8) is 0 Å². The zero-order valence-corrected chi connectivity index (χ0v) is 11.9. The number of carbonyl (C=O) groups is 1. The zero-order valence-electron chi connectivity index (χ0n) is 11.9. The molecule has 4 heteroatoms. The minimum atomic E-state index is -0.0951. The van der Waals surface area contributed by atoms with Gasteiger partial charge in [-0.3, -0.25) is 4.79 Å². The van der Waals surface area contributed by atoms with E-state index in [1.165, 1.54) is 6.07 Å². The molecule has 0 aliphatic carbocycles. The average Bonchev–Trinajstić information content (AvgIpc) is 2.32. The van der Waals surface area contributed by atoms with Crippen LogP contribution in [0.1, 0.15) is 42.6 Å². The van der Waals surface area contributed by atoms with Crippen molar-refractivity contribution < 1.29 is 14.6 Å². The Hall–Kier alpha value is -1.55. The van der Waals surface area contributed by atoms with E-state index in [2.05, 4.69) is 5.32 Å². The van der Waals surface area contributed by atoms with Crippen molar-refractivity contribution in [1.29, 1.82) is 0 Å². The van der Waals surface area contributed by atoms with E-state index in [9.17, 15) is 9.90 Å². The van der Waals surface area contributed by atoms with Crippen molar-refractivity contribution >= 4 is 5.91 Å². The van der Waals surface area contributed by atoms with Gasteiger partial charge in [0.1, 0.15) is 5.75 Å². The maximum Gasteiger partial charge on any atom is 0.251 e. The van der Waals surface area contributed by atoms with E-state index in [1.54, 1.807) is 12.1 Å². The van der Waals surface area contributed by atoms with E-state index in [1.807, 2.05) is 20.8 Å². The minimum Gasteiger partial charge on any atom is -0.508 e. The number of amides is 1. The topological polar surface area (TPSA) is 58.6 Å². The molecule has 0 bridgehead atoms. The van der Waals surface area contributed by atoms with Crippen molar-refractivity contribution in [2.45, 2.75) is 39.7 Å². The molecule has 1 aromatic carbocycles. The molecule has 0 unspecified atom stereocenters. The van der Waals surface area contributed by atoms with E-state index < -0.39 is 0 Å². The number of hydrogen-bond donors (Lipinski definition) is 2. The number of phenols is 1. The standard InChI is InChI=1S/C15H23NO3/c1-11(2)19-9-5-4-8-16-15(18)14-7-6-13(17)10-12(14)3/h6-7,10-11,17H,4-5,8-9H2,1-3H3,(H,16,18). The van der Waals surface area contributed by atoms with Gasteiger partial charge < -0.3 is 15.2 Å². The van der Waals surface area contributed by atoms with Gasteiger partial charge in [0.2, 0.25) is 0 Å². The fraction of sp³-hybridized carbons (Fsp3) is 0.533. The molecule has 0 spiro atoms. The van der Waals surface area contributed by atoms with Gasteiger partial charge in [0.25, 0.3) is 5.91 Å². The number of nitrogens with one attached hydrogen (secondary N) is 1. The highest BCUT2D eigenvalue weighted by atomic mass is 16.5. The maximum absolute atomic E-state index is 11.9. The monoisotopic (exact) mass is 265 g/mol. The number of unbranched alkanes of at least 4 members (excludes halogenated alkanes) is 1. The molecule has 0 radical (unpaired) electrons. The minimum absolute atomic E-state index is 0.0951. The summed E-state index contributed by atoms with van der Waals surface area (Å²) >= 11 is 0. The number of aryl methyl sites for hydroxylation is 1. The molecule has 0 saturated carbocycles. The van der Waals surface area contributed by atoms with Gasteiger partial charge in [0.15, 0.2) is 0 Å². The smallest absolute Gasteiger partial charge is 0.251 e. The Morgan fingerprint density at radius 1 is 1.37 bits per heavy atom. The Labute approximate surface area is 114 Å². The number of phenolic OH excluding ortho intramolecular Hbond substituents is 1. The number of rotatable bonds is 7. The van der Waals surface area contributed by atoms with Crippen LogP contribution < -0.4 is 5.32 Å². The van der Waals surface area contributed by atoms with Crippen molar-refractivity contribution in [2.24, 2.45) is 0 Å². The van der Waals surface area contributed by atoms with Gasteiger partial charge in [-0.2, -0.15) is 0 Å². The second kappa shape index (κ2) is 7.79. The van der Waals surface area contributed by atoms with Gasteiger partial charge in [0, 0.05) is 18.7 Å². The van der Waals surface area contributed by atoms with E-state index >= 15 is 0 Å². The molecule has 106 valence electrons. The third-order valence-electron chi connectivity index (χ3n) is 2.76. The second-order valence-corrected chi connectivity index (χ2v) is 4.88. The summed E-state index contributed by atoms with van der Waals surface area (Å²) in [7, 11) is 0. The summed E-state index contributed by atoms with van der Waals surface area (Å²) in [5, 5.41) is 12.2. The Morgan fingerprint density at radius 3 is 2.74 bits per heavy atom. The Bertz CT molecular complexity index is 416. The van der Waals surface area contributed by atoms with Crippen LogP contribution in [0.5, 0.6) is 5.75 Å². The molecule has 0 fully saturated rings. The van der Waals surface area contributed by atoms with Gasteiger partial charge in [0.05, 0.1) is 6.10 Å². The van der Waals surface area contributed by atoms with E-state index in [0.717, 1.165) is 25.0 Å². The van der Waals surface area contributed by atoms with Crippen LogP contribution in [-0.2, 0) is 4.74 Å². The predicted molar refractivity (Wildman–Crippen MR) is 75.5 cm³/mol. The lowest BCUT2D eigenvalue weighted by atomic mass is 10.1. The molecular formula is C15H23NO3. The molecule has 2 N–H and O–H groups in total. The van der Waals surface area contributed by atoms with Gasteiger partial charge >= 0.3 is 0 Å². The van der Waals surface area contributed by atoms with Gasteiger partial charge in [-0.05, 0) is 57.4 Å². The molecule has 0 heterocycles. The number of ether oxygens (including phenoxy) is 1. The SMILES string of the molecule is Cc1cc(O)ccc1C(=O)NCCCCOC(C)C. The van der Waals surface area contributed by atoms with Crippen LogP contribution in [0.2, 0.25) is 0 Å². The zero-order chi connectivity index (χ0) is 14.3. The van der Waals surface area contributed by atoms with Crippen molar-refractivity contribution in [3.05, 3.63) is 29.3 Å². The fourth-order valence-electron chi connectivity index (χ4n) is 1.75. The van der Waals surface area contributed by atoms with Gasteiger partial charge in [-0.25, -0.2) is 0 Å². The van der Waals surface area contributed by atoms with Crippen LogP contribution >= 0.6 is 0 Å². The molecule has 0 aliphatic rings. The first-order valence-corrected chi connectivity index (χ1v) is 6.70. The third kappa shape index (κ3) is 5.75. The lowest BCUT2D eigenvalue weighted by Gasteiger charge is -2.09. The van der Waals surface area contributed by atoms with Crippen LogP contribution in [-0.4, -0.2) is 30.3 Å². The second-order valence-electron chi connectivity index (χ2n) is 4.88. The van der Waals surface area contributed by atoms with Crippen molar-refractivity contribution in [1.82, 2.24) is 5.32 Å². The molecule has 1 aromatic rings. The van der Waals surface area contributed by atoms with E-state index in [4.69, 9.17) is 4.74 Å². The van der Waals surface area contributed by atoms with E-state index in [0.29, 0.717) is 12.1 Å². The molecule has 1 rings (SSSR count). The molecule has 0 atom stereocenters. The summed E-state index contributed by atoms with van der Waals surface area (Å²) in [6.45, 7) is 7.20. The summed E-state index contributed by atoms with van der Waals surface area (Å²) in [6, 6.07) is 4.76. The predicted octanol–water partition coefficient (Wildman–Crippen LogP) is 2.64. The largest absolute Gasteiger partial charge is 0.508 e. The fourth-order valence-corrected chi connectivity index (χ4v) is 1.75.